The third kappa shape index (κ3) is 4.47. The van der Waals surface area contributed by atoms with Gasteiger partial charge in [-0.3, -0.25) is 9.59 Å². The van der Waals surface area contributed by atoms with Gasteiger partial charge in [-0.2, -0.15) is 0 Å². The molecule has 0 saturated carbocycles. The zero-order valence-electron chi connectivity index (χ0n) is 15.1. The van der Waals surface area contributed by atoms with Crippen molar-refractivity contribution in [2.24, 2.45) is 5.92 Å². The number of hydrogen-bond acceptors (Lipinski definition) is 4. The predicted molar refractivity (Wildman–Crippen MR) is 97.5 cm³/mol. The number of likely N-dealkylation sites (tertiary alicyclic amines) is 1. The molecule has 1 aromatic heterocycles. The maximum Gasteiger partial charge on any atom is 0.276 e. The fraction of sp³-hybridized carbons (Fsp3) is 0.474. The van der Waals surface area contributed by atoms with Gasteiger partial charge in [-0.25, -0.2) is 4.68 Å². The van der Waals surface area contributed by atoms with Crippen molar-refractivity contribution < 1.29 is 9.59 Å². The summed E-state index contributed by atoms with van der Waals surface area (Å²) in [4.78, 5) is 26.4. The lowest BCUT2D eigenvalue weighted by atomic mass is 9.95. The number of carbonyl (C=O) groups excluding carboxylic acids is 2. The van der Waals surface area contributed by atoms with E-state index < -0.39 is 0 Å². The van der Waals surface area contributed by atoms with E-state index in [-0.39, 0.29) is 17.7 Å². The fourth-order valence-corrected chi connectivity index (χ4v) is 3.14. The van der Waals surface area contributed by atoms with Crippen LogP contribution in [0, 0.1) is 5.92 Å². The molecule has 7 heteroatoms. The van der Waals surface area contributed by atoms with Crippen molar-refractivity contribution in [2.75, 3.05) is 19.6 Å². The SMILES string of the molecule is CCCNC(=O)C1CCN(C(=O)c2cn(Cc3ccccc3)nn2)CC1. The number of amides is 2. The van der Waals surface area contributed by atoms with Gasteiger partial charge in [0.05, 0.1) is 12.7 Å². The summed E-state index contributed by atoms with van der Waals surface area (Å²) in [5.74, 6) is -0.0103. The maximum atomic E-state index is 12.6. The molecular formula is C19H25N5O2. The van der Waals surface area contributed by atoms with Crippen LogP contribution < -0.4 is 5.32 Å². The molecule has 1 N–H and O–H groups in total. The number of nitrogens with one attached hydrogen (secondary N) is 1. The lowest BCUT2D eigenvalue weighted by molar-refractivity contribution is -0.126. The Hall–Kier alpha value is -2.70. The summed E-state index contributed by atoms with van der Waals surface area (Å²) in [5, 5.41) is 11.0. The number of carbonyl (C=O) groups is 2. The zero-order chi connectivity index (χ0) is 18.4. The van der Waals surface area contributed by atoms with Gasteiger partial charge in [-0.05, 0) is 24.8 Å². The van der Waals surface area contributed by atoms with E-state index in [9.17, 15) is 9.59 Å². The summed E-state index contributed by atoms with van der Waals surface area (Å²) in [6.45, 7) is 4.49. The molecule has 7 nitrogen and oxygen atoms in total. The summed E-state index contributed by atoms with van der Waals surface area (Å²) in [7, 11) is 0. The molecule has 1 aliphatic rings. The van der Waals surface area contributed by atoms with E-state index in [1.807, 2.05) is 37.3 Å². The molecule has 2 amide bonds. The smallest absolute Gasteiger partial charge is 0.276 e. The Morgan fingerprint density at radius 2 is 1.92 bits per heavy atom. The van der Waals surface area contributed by atoms with Gasteiger partial charge in [0, 0.05) is 25.6 Å². The van der Waals surface area contributed by atoms with E-state index in [4.69, 9.17) is 0 Å². The Morgan fingerprint density at radius 3 is 2.62 bits per heavy atom. The topological polar surface area (TPSA) is 80.1 Å². The average molecular weight is 355 g/mol. The Bertz CT molecular complexity index is 735. The maximum absolute atomic E-state index is 12.6. The van der Waals surface area contributed by atoms with Crippen LogP contribution in [0.3, 0.4) is 0 Å². The average Bonchev–Trinajstić information content (AvgIpc) is 3.15. The normalized spacial score (nSPS) is 15.0. The molecule has 1 aliphatic heterocycles. The molecule has 0 atom stereocenters. The minimum absolute atomic E-state index is 0.000590. The number of benzene rings is 1. The van der Waals surface area contributed by atoms with Gasteiger partial charge < -0.3 is 10.2 Å². The molecule has 138 valence electrons. The minimum Gasteiger partial charge on any atom is -0.356 e. The summed E-state index contributed by atoms with van der Waals surface area (Å²) in [5.41, 5.74) is 1.46. The highest BCUT2D eigenvalue weighted by Crippen LogP contribution is 2.19. The highest BCUT2D eigenvalue weighted by Gasteiger charge is 2.28. The summed E-state index contributed by atoms with van der Waals surface area (Å²) < 4.78 is 1.67. The quantitative estimate of drug-likeness (QED) is 0.855. The predicted octanol–water partition coefficient (Wildman–Crippen LogP) is 1.70. The van der Waals surface area contributed by atoms with Crippen molar-refractivity contribution in [3.05, 3.63) is 47.8 Å². The van der Waals surface area contributed by atoms with Crippen molar-refractivity contribution in [3.8, 4) is 0 Å². The largest absolute Gasteiger partial charge is 0.356 e. The molecule has 1 aromatic carbocycles. The molecule has 0 spiro atoms. The molecule has 0 radical (unpaired) electrons. The molecule has 2 heterocycles. The summed E-state index contributed by atoms with van der Waals surface area (Å²) >= 11 is 0. The summed E-state index contributed by atoms with van der Waals surface area (Å²) in [6, 6.07) is 9.93. The molecule has 0 aliphatic carbocycles. The molecule has 1 fully saturated rings. The Balaban J connectivity index is 1.53. The molecule has 0 bridgehead atoms. The Morgan fingerprint density at radius 1 is 1.19 bits per heavy atom. The van der Waals surface area contributed by atoms with Crippen molar-refractivity contribution in [2.45, 2.75) is 32.7 Å². The highest BCUT2D eigenvalue weighted by atomic mass is 16.2. The van der Waals surface area contributed by atoms with E-state index in [1.165, 1.54) is 0 Å². The standard InChI is InChI=1S/C19H25N5O2/c1-2-10-20-18(25)16-8-11-23(12-9-16)19(26)17-14-24(22-21-17)13-15-6-4-3-5-7-15/h3-7,14,16H,2,8-13H2,1H3,(H,20,25). The lowest BCUT2D eigenvalue weighted by Gasteiger charge is -2.30. The van der Waals surface area contributed by atoms with Gasteiger partial charge in [0.1, 0.15) is 0 Å². The highest BCUT2D eigenvalue weighted by molar-refractivity contribution is 5.92. The van der Waals surface area contributed by atoms with Crippen LogP contribution in [-0.4, -0.2) is 51.3 Å². The molecule has 0 unspecified atom stereocenters. The first-order valence-corrected chi connectivity index (χ1v) is 9.18. The Labute approximate surface area is 153 Å². The van der Waals surface area contributed by atoms with Crippen LogP contribution in [0.2, 0.25) is 0 Å². The van der Waals surface area contributed by atoms with E-state index in [0.29, 0.717) is 44.7 Å². The van der Waals surface area contributed by atoms with Crippen LogP contribution in [0.25, 0.3) is 0 Å². The van der Waals surface area contributed by atoms with E-state index >= 15 is 0 Å². The first-order chi connectivity index (χ1) is 12.7. The second-order valence-electron chi connectivity index (χ2n) is 6.64. The van der Waals surface area contributed by atoms with Crippen molar-refractivity contribution in [3.63, 3.8) is 0 Å². The van der Waals surface area contributed by atoms with Crippen LogP contribution in [0.4, 0.5) is 0 Å². The Kier molecular flexibility index (Phi) is 5.99. The fourth-order valence-electron chi connectivity index (χ4n) is 3.14. The van der Waals surface area contributed by atoms with Gasteiger partial charge in [-0.15, -0.1) is 5.10 Å². The van der Waals surface area contributed by atoms with Gasteiger partial charge in [-0.1, -0.05) is 42.5 Å². The number of rotatable bonds is 6. The van der Waals surface area contributed by atoms with Crippen LogP contribution in [0.5, 0.6) is 0 Å². The lowest BCUT2D eigenvalue weighted by Crippen LogP contribution is -2.43. The molecule has 3 rings (SSSR count). The number of hydrogen-bond donors (Lipinski definition) is 1. The monoisotopic (exact) mass is 355 g/mol. The number of nitrogens with zero attached hydrogens (tertiary/aromatic N) is 4. The van der Waals surface area contributed by atoms with Crippen LogP contribution in [0.1, 0.15) is 42.2 Å². The van der Waals surface area contributed by atoms with E-state index in [1.54, 1.807) is 15.8 Å². The first-order valence-electron chi connectivity index (χ1n) is 9.18. The molecule has 26 heavy (non-hydrogen) atoms. The second-order valence-corrected chi connectivity index (χ2v) is 6.64. The number of aromatic nitrogens is 3. The van der Waals surface area contributed by atoms with Gasteiger partial charge >= 0.3 is 0 Å². The third-order valence-corrected chi connectivity index (χ3v) is 4.65. The van der Waals surface area contributed by atoms with Crippen molar-refractivity contribution >= 4 is 11.8 Å². The molecular weight excluding hydrogens is 330 g/mol. The second kappa shape index (κ2) is 8.60. The van der Waals surface area contributed by atoms with Gasteiger partial charge in [0.25, 0.3) is 5.91 Å². The van der Waals surface area contributed by atoms with Crippen LogP contribution in [-0.2, 0) is 11.3 Å². The van der Waals surface area contributed by atoms with Crippen molar-refractivity contribution in [1.29, 1.82) is 0 Å². The number of piperidine rings is 1. The van der Waals surface area contributed by atoms with Crippen molar-refractivity contribution in [1.82, 2.24) is 25.2 Å². The van der Waals surface area contributed by atoms with Crippen LogP contribution in [0.15, 0.2) is 36.5 Å². The third-order valence-electron chi connectivity index (χ3n) is 4.65. The van der Waals surface area contributed by atoms with Gasteiger partial charge in [0.15, 0.2) is 5.69 Å². The first kappa shape index (κ1) is 18.1. The van der Waals surface area contributed by atoms with Crippen LogP contribution >= 0.6 is 0 Å². The zero-order valence-corrected chi connectivity index (χ0v) is 15.1. The molecule has 1 saturated heterocycles. The van der Waals surface area contributed by atoms with E-state index in [0.717, 1.165) is 12.0 Å². The minimum atomic E-state index is -0.114. The van der Waals surface area contributed by atoms with E-state index in [2.05, 4.69) is 15.6 Å². The molecule has 2 aromatic rings. The van der Waals surface area contributed by atoms with Gasteiger partial charge in [0.2, 0.25) is 5.91 Å². The summed E-state index contributed by atoms with van der Waals surface area (Å²) in [6.07, 6.45) is 4.01.